The van der Waals surface area contributed by atoms with Gasteiger partial charge in [-0.1, -0.05) is 43.0 Å². The Morgan fingerprint density at radius 1 is 1.08 bits per heavy atom. The number of ketones is 1. The Morgan fingerprint density at radius 2 is 1.79 bits per heavy atom. The van der Waals surface area contributed by atoms with Crippen molar-refractivity contribution in [2.45, 2.75) is 18.7 Å². The lowest BCUT2D eigenvalue weighted by Crippen LogP contribution is -2.24. The van der Waals surface area contributed by atoms with Crippen molar-refractivity contribution in [2.75, 3.05) is 12.3 Å². The average molecular weight is 337 g/mol. The summed E-state index contributed by atoms with van der Waals surface area (Å²) in [4.78, 5) is 24.4. The summed E-state index contributed by atoms with van der Waals surface area (Å²) < 4.78 is 0. The predicted octanol–water partition coefficient (Wildman–Crippen LogP) is 3.78. The zero-order valence-corrected chi connectivity index (χ0v) is 14.6. The van der Waals surface area contributed by atoms with Gasteiger partial charge in [-0.25, -0.2) is 0 Å². The minimum absolute atomic E-state index is 0.0328. The van der Waals surface area contributed by atoms with E-state index in [0.717, 1.165) is 16.2 Å². The van der Waals surface area contributed by atoms with E-state index in [2.05, 4.69) is 24.1 Å². The van der Waals surface area contributed by atoms with Crippen LogP contribution in [0.3, 0.4) is 0 Å². The molecule has 0 heterocycles. The highest BCUT2D eigenvalue weighted by Crippen LogP contribution is 2.21. The largest absolute Gasteiger partial charge is 0.341 e. The van der Waals surface area contributed by atoms with Crippen LogP contribution < -0.4 is 5.32 Å². The fourth-order valence-corrected chi connectivity index (χ4v) is 2.89. The third-order valence-corrected chi connectivity index (χ3v) is 4.25. The molecule has 4 heteroatoms. The monoisotopic (exact) mass is 337 g/mol. The Balaban J connectivity index is 1.95. The maximum absolute atomic E-state index is 12.2. The second-order valence-electron chi connectivity index (χ2n) is 5.05. The first-order chi connectivity index (χ1) is 11.6. The molecule has 0 aliphatic rings. The summed E-state index contributed by atoms with van der Waals surface area (Å²) >= 11 is 1.65. The summed E-state index contributed by atoms with van der Waals surface area (Å²) in [5.41, 5.74) is 2.16. The fraction of sp³-hybridized carbons (Fsp3) is 0.200. The molecule has 0 saturated heterocycles. The van der Waals surface area contributed by atoms with Crippen molar-refractivity contribution in [2.24, 2.45) is 0 Å². The van der Waals surface area contributed by atoms with E-state index in [1.807, 2.05) is 24.3 Å². The number of benzene rings is 2. The Hall–Kier alpha value is -2.51. The fourth-order valence-electron chi connectivity index (χ4n) is 2.09. The number of amides is 1. The third kappa shape index (κ3) is 5.00. The van der Waals surface area contributed by atoms with Crippen LogP contribution in [0, 0.1) is 11.8 Å². The molecule has 0 aliphatic heterocycles. The summed E-state index contributed by atoms with van der Waals surface area (Å²) in [7, 11) is 0. The van der Waals surface area contributed by atoms with Crippen molar-refractivity contribution < 1.29 is 9.59 Å². The topological polar surface area (TPSA) is 46.2 Å². The second-order valence-corrected chi connectivity index (χ2v) is 6.35. The van der Waals surface area contributed by atoms with Gasteiger partial charge in [-0.2, -0.15) is 0 Å². The molecule has 0 radical (unpaired) electrons. The van der Waals surface area contributed by atoms with Gasteiger partial charge in [0, 0.05) is 16.0 Å². The van der Waals surface area contributed by atoms with Gasteiger partial charge < -0.3 is 5.32 Å². The maximum Gasteiger partial charge on any atom is 0.253 e. The predicted molar refractivity (Wildman–Crippen MR) is 98.5 cm³/mol. The summed E-state index contributed by atoms with van der Waals surface area (Å²) in [6, 6.07) is 14.7. The van der Waals surface area contributed by atoms with Crippen LogP contribution in [0.4, 0.5) is 0 Å². The Bertz CT molecular complexity index is 785. The van der Waals surface area contributed by atoms with Gasteiger partial charge in [0.05, 0.1) is 12.1 Å². The molecule has 2 aromatic carbocycles. The molecule has 0 atom stereocenters. The smallest absolute Gasteiger partial charge is 0.253 e. The molecular formula is C20H19NO2S. The van der Waals surface area contributed by atoms with Crippen LogP contribution >= 0.6 is 11.8 Å². The lowest BCUT2D eigenvalue weighted by atomic mass is 10.1. The molecule has 0 bridgehead atoms. The molecule has 0 spiro atoms. The van der Waals surface area contributed by atoms with Gasteiger partial charge in [0.1, 0.15) is 0 Å². The average Bonchev–Trinajstić information content (AvgIpc) is 2.59. The molecule has 0 saturated carbocycles. The zero-order valence-electron chi connectivity index (χ0n) is 13.8. The van der Waals surface area contributed by atoms with Gasteiger partial charge in [0.2, 0.25) is 0 Å². The highest BCUT2D eigenvalue weighted by atomic mass is 32.2. The zero-order chi connectivity index (χ0) is 17.4. The summed E-state index contributed by atoms with van der Waals surface area (Å²) in [5, 5.41) is 2.82. The molecule has 0 fully saturated rings. The Labute approximate surface area is 146 Å². The van der Waals surface area contributed by atoms with Crippen molar-refractivity contribution in [3.63, 3.8) is 0 Å². The van der Waals surface area contributed by atoms with E-state index < -0.39 is 0 Å². The summed E-state index contributed by atoms with van der Waals surface area (Å²) in [6.45, 7) is 3.87. The van der Waals surface area contributed by atoms with E-state index in [1.54, 1.807) is 36.0 Å². The SMILES string of the molecule is CCSc1ccccc1C(=O)NCC#Cc1ccc(C(C)=O)cc1. The van der Waals surface area contributed by atoms with Crippen molar-refractivity contribution in [3.05, 3.63) is 65.2 Å². The van der Waals surface area contributed by atoms with E-state index in [-0.39, 0.29) is 18.2 Å². The van der Waals surface area contributed by atoms with Crippen LogP contribution in [-0.2, 0) is 0 Å². The lowest BCUT2D eigenvalue weighted by molar-refractivity contribution is 0.0954. The number of hydrogen-bond donors (Lipinski definition) is 1. The molecule has 0 aliphatic carbocycles. The van der Waals surface area contributed by atoms with Crippen LogP contribution in [-0.4, -0.2) is 24.0 Å². The van der Waals surface area contributed by atoms with Gasteiger partial charge >= 0.3 is 0 Å². The van der Waals surface area contributed by atoms with Crippen LogP contribution in [0.25, 0.3) is 0 Å². The number of rotatable bonds is 5. The molecule has 2 rings (SSSR count). The van der Waals surface area contributed by atoms with E-state index >= 15 is 0 Å². The molecular weight excluding hydrogens is 318 g/mol. The van der Waals surface area contributed by atoms with Gasteiger partial charge in [0.15, 0.2) is 5.78 Å². The first kappa shape index (κ1) is 17.8. The van der Waals surface area contributed by atoms with E-state index in [1.165, 1.54) is 6.92 Å². The maximum atomic E-state index is 12.2. The minimum atomic E-state index is -0.118. The minimum Gasteiger partial charge on any atom is -0.341 e. The van der Waals surface area contributed by atoms with Crippen LogP contribution in [0.1, 0.15) is 40.1 Å². The van der Waals surface area contributed by atoms with Crippen LogP contribution in [0.5, 0.6) is 0 Å². The first-order valence-corrected chi connectivity index (χ1v) is 8.70. The molecule has 122 valence electrons. The Morgan fingerprint density at radius 3 is 2.46 bits per heavy atom. The normalized spacial score (nSPS) is 9.75. The summed E-state index contributed by atoms with van der Waals surface area (Å²) in [6.07, 6.45) is 0. The molecule has 0 unspecified atom stereocenters. The van der Waals surface area contributed by atoms with Crippen molar-refractivity contribution in [3.8, 4) is 11.8 Å². The molecule has 0 aromatic heterocycles. The van der Waals surface area contributed by atoms with Crippen molar-refractivity contribution in [1.29, 1.82) is 0 Å². The van der Waals surface area contributed by atoms with Gasteiger partial charge in [-0.3, -0.25) is 9.59 Å². The second kappa shape index (κ2) is 8.95. The molecule has 24 heavy (non-hydrogen) atoms. The van der Waals surface area contributed by atoms with E-state index in [9.17, 15) is 9.59 Å². The lowest BCUT2D eigenvalue weighted by Gasteiger charge is -2.07. The van der Waals surface area contributed by atoms with Crippen LogP contribution in [0.2, 0.25) is 0 Å². The third-order valence-electron chi connectivity index (χ3n) is 3.29. The highest BCUT2D eigenvalue weighted by molar-refractivity contribution is 7.99. The number of Topliss-reactive ketones (excluding diaryl/α,β-unsaturated/α-hetero) is 1. The van der Waals surface area contributed by atoms with Crippen LogP contribution in [0.15, 0.2) is 53.4 Å². The van der Waals surface area contributed by atoms with Gasteiger partial charge in [-0.05, 0) is 36.9 Å². The molecule has 1 N–H and O–H groups in total. The van der Waals surface area contributed by atoms with Crippen molar-refractivity contribution >= 4 is 23.5 Å². The van der Waals surface area contributed by atoms with Gasteiger partial charge in [0.25, 0.3) is 5.91 Å². The van der Waals surface area contributed by atoms with E-state index in [4.69, 9.17) is 0 Å². The van der Waals surface area contributed by atoms with Gasteiger partial charge in [-0.15, -0.1) is 11.8 Å². The molecule has 1 amide bonds. The first-order valence-electron chi connectivity index (χ1n) is 7.71. The molecule has 2 aromatic rings. The number of thioether (sulfide) groups is 1. The number of carbonyl (C=O) groups is 2. The van der Waals surface area contributed by atoms with Crippen molar-refractivity contribution in [1.82, 2.24) is 5.32 Å². The number of hydrogen-bond acceptors (Lipinski definition) is 3. The number of nitrogens with one attached hydrogen (secondary N) is 1. The number of carbonyl (C=O) groups excluding carboxylic acids is 2. The van der Waals surface area contributed by atoms with E-state index in [0.29, 0.717) is 11.1 Å². The standard InChI is InChI=1S/C20H19NO2S/c1-3-24-19-9-5-4-8-18(19)20(23)21-14-6-7-16-10-12-17(13-11-16)15(2)22/h4-5,8-13H,3,14H2,1-2H3,(H,21,23). The highest BCUT2D eigenvalue weighted by Gasteiger charge is 2.09. The molecule has 3 nitrogen and oxygen atoms in total. The summed E-state index contributed by atoms with van der Waals surface area (Å²) in [5.74, 6) is 6.74. The Kier molecular flexibility index (Phi) is 6.65. The quantitative estimate of drug-likeness (QED) is 0.513.